The third-order valence-corrected chi connectivity index (χ3v) is 6.39. The maximum Gasteiger partial charge on any atom is 0.242 e. The van der Waals surface area contributed by atoms with Crippen LogP contribution in [0.3, 0.4) is 0 Å². The molecule has 21 heavy (non-hydrogen) atoms. The number of rotatable bonds is 3. The van der Waals surface area contributed by atoms with Gasteiger partial charge in [0.1, 0.15) is 4.90 Å². The Morgan fingerprint density at radius 3 is 2.86 bits per heavy atom. The number of nitrogens with zero attached hydrogens (tertiary/aromatic N) is 1. The van der Waals surface area contributed by atoms with E-state index in [0.29, 0.717) is 11.7 Å². The molecule has 2 fully saturated rings. The molecule has 2 aliphatic rings. The molecule has 0 bridgehead atoms. The third kappa shape index (κ3) is 3.18. The maximum atomic E-state index is 12.5. The average molecular weight is 330 g/mol. The van der Waals surface area contributed by atoms with Crippen molar-refractivity contribution < 1.29 is 8.42 Å². The van der Waals surface area contributed by atoms with Gasteiger partial charge >= 0.3 is 0 Å². The van der Waals surface area contributed by atoms with Crippen molar-refractivity contribution in [3.8, 4) is 0 Å². The molecule has 7 heteroatoms. The van der Waals surface area contributed by atoms with Crippen LogP contribution in [0.2, 0.25) is 5.02 Å². The van der Waals surface area contributed by atoms with Crippen LogP contribution < -0.4 is 10.5 Å². The predicted molar refractivity (Wildman–Crippen MR) is 83.8 cm³/mol. The van der Waals surface area contributed by atoms with Gasteiger partial charge in [0.2, 0.25) is 10.0 Å². The molecule has 0 radical (unpaired) electrons. The van der Waals surface area contributed by atoms with Crippen LogP contribution in [0, 0.1) is 0 Å². The fourth-order valence-corrected chi connectivity index (χ4v) is 5.19. The molecule has 0 amide bonds. The average Bonchev–Trinajstić information content (AvgIpc) is 2.85. The molecule has 5 nitrogen and oxygen atoms in total. The van der Waals surface area contributed by atoms with Crippen LogP contribution in [0.25, 0.3) is 0 Å². The fraction of sp³-hybridized carbons (Fsp3) is 0.571. The van der Waals surface area contributed by atoms with Gasteiger partial charge in [0.15, 0.2) is 0 Å². The minimum absolute atomic E-state index is 0.0111. The molecular weight excluding hydrogens is 310 g/mol. The lowest BCUT2D eigenvalue weighted by Crippen LogP contribution is -2.47. The van der Waals surface area contributed by atoms with E-state index in [1.54, 1.807) is 6.07 Å². The zero-order chi connectivity index (χ0) is 15.0. The summed E-state index contributed by atoms with van der Waals surface area (Å²) in [6.07, 6.45) is 4.11. The second-order valence-corrected chi connectivity index (χ2v) is 7.95. The first-order chi connectivity index (χ1) is 9.95. The van der Waals surface area contributed by atoms with Crippen molar-refractivity contribution in [3.05, 3.63) is 23.2 Å². The van der Waals surface area contributed by atoms with Gasteiger partial charge in [-0.15, -0.1) is 0 Å². The zero-order valence-electron chi connectivity index (χ0n) is 11.8. The minimum Gasteiger partial charge on any atom is -0.399 e. The van der Waals surface area contributed by atoms with E-state index in [-0.39, 0.29) is 16.0 Å². The lowest BCUT2D eigenvalue weighted by molar-refractivity contribution is 0.176. The number of piperidine rings is 1. The number of nitrogens with two attached hydrogens (primary N) is 1. The summed E-state index contributed by atoms with van der Waals surface area (Å²) in [5, 5.41) is 0.167. The van der Waals surface area contributed by atoms with E-state index < -0.39 is 10.0 Å². The maximum absolute atomic E-state index is 12.5. The van der Waals surface area contributed by atoms with Crippen LogP contribution in [0.5, 0.6) is 0 Å². The van der Waals surface area contributed by atoms with Crippen molar-refractivity contribution in [1.29, 1.82) is 0 Å². The fourth-order valence-electron chi connectivity index (χ4n) is 3.35. The SMILES string of the molecule is Nc1ccc(S(=O)(=O)NC2CCN3CCCC3C2)c(Cl)c1. The molecule has 3 N–H and O–H groups in total. The van der Waals surface area contributed by atoms with Crippen LogP contribution in [0.15, 0.2) is 23.1 Å². The molecular formula is C14H20ClN3O2S. The van der Waals surface area contributed by atoms with Crippen LogP contribution in [-0.4, -0.2) is 38.5 Å². The Hall–Kier alpha value is -0.820. The highest BCUT2D eigenvalue weighted by Gasteiger charge is 2.33. The lowest BCUT2D eigenvalue weighted by Gasteiger charge is -2.34. The summed E-state index contributed by atoms with van der Waals surface area (Å²) < 4.78 is 27.8. The van der Waals surface area contributed by atoms with E-state index in [9.17, 15) is 8.42 Å². The monoisotopic (exact) mass is 329 g/mol. The molecule has 1 aromatic rings. The van der Waals surface area contributed by atoms with E-state index in [1.807, 2.05) is 0 Å². The molecule has 116 valence electrons. The van der Waals surface area contributed by atoms with Gasteiger partial charge in [-0.1, -0.05) is 11.6 Å². The van der Waals surface area contributed by atoms with Crippen LogP contribution >= 0.6 is 11.6 Å². The first-order valence-electron chi connectivity index (χ1n) is 7.27. The molecule has 2 saturated heterocycles. The van der Waals surface area contributed by atoms with Gasteiger partial charge < -0.3 is 10.6 Å². The van der Waals surface area contributed by atoms with Gasteiger partial charge in [-0.05, 0) is 57.0 Å². The molecule has 0 spiro atoms. The highest BCUT2D eigenvalue weighted by Crippen LogP contribution is 2.29. The molecule has 0 aromatic heterocycles. The molecule has 3 rings (SSSR count). The summed E-state index contributed by atoms with van der Waals surface area (Å²) in [6.45, 7) is 2.11. The number of fused-ring (bicyclic) bond motifs is 1. The number of hydrogen-bond acceptors (Lipinski definition) is 4. The smallest absolute Gasteiger partial charge is 0.242 e. The molecule has 2 aliphatic heterocycles. The zero-order valence-corrected chi connectivity index (χ0v) is 13.3. The van der Waals surface area contributed by atoms with E-state index in [0.717, 1.165) is 25.9 Å². The molecule has 2 heterocycles. The van der Waals surface area contributed by atoms with Crippen molar-refractivity contribution in [1.82, 2.24) is 9.62 Å². The van der Waals surface area contributed by atoms with E-state index in [2.05, 4.69) is 9.62 Å². The normalized spacial score (nSPS) is 26.7. The van der Waals surface area contributed by atoms with Gasteiger partial charge in [-0.2, -0.15) is 0 Å². The van der Waals surface area contributed by atoms with Gasteiger partial charge in [-0.3, -0.25) is 0 Å². The summed E-state index contributed by atoms with van der Waals surface area (Å²) in [4.78, 5) is 2.56. The summed E-state index contributed by atoms with van der Waals surface area (Å²) in [5.74, 6) is 0. The molecule has 1 aromatic carbocycles. The number of halogens is 1. The third-order valence-electron chi connectivity index (χ3n) is 4.39. The quantitative estimate of drug-likeness (QED) is 0.830. The number of benzene rings is 1. The van der Waals surface area contributed by atoms with Gasteiger partial charge in [-0.25, -0.2) is 13.1 Å². The lowest BCUT2D eigenvalue weighted by atomic mass is 9.99. The van der Waals surface area contributed by atoms with Crippen LogP contribution in [-0.2, 0) is 10.0 Å². The molecule has 0 aliphatic carbocycles. The Kier molecular flexibility index (Phi) is 4.14. The summed E-state index contributed by atoms with van der Waals surface area (Å²) in [5.41, 5.74) is 6.06. The standard InChI is InChI=1S/C14H20ClN3O2S/c15-13-8-10(16)3-4-14(13)21(19,20)17-11-5-7-18-6-1-2-12(18)9-11/h3-4,8,11-12,17H,1-2,5-7,9,16H2. The van der Waals surface area contributed by atoms with Crippen molar-refractivity contribution in [2.75, 3.05) is 18.8 Å². The number of sulfonamides is 1. The molecule has 2 unspecified atom stereocenters. The Bertz CT molecular complexity index is 635. The predicted octanol–water partition coefficient (Wildman–Crippen LogP) is 1.83. The highest BCUT2D eigenvalue weighted by atomic mass is 35.5. The van der Waals surface area contributed by atoms with Crippen LogP contribution in [0.4, 0.5) is 5.69 Å². The Morgan fingerprint density at radius 2 is 2.10 bits per heavy atom. The second kappa shape index (κ2) is 5.76. The van der Waals surface area contributed by atoms with E-state index >= 15 is 0 Å². The summed E-state index contributed by atoms with van der Waals surface area (Å²) >= 11 is 6.01. The van der Waals surface area contributed by atoms with Crippen molar-refractivity contribution >= 4 is 27.3 Å². The molecule has 2 atom stereocenters. The topological polar surface area (TPSA) is 75.4 Å². The van der Waals surface area contributed by atoms with E-state index in [4.69, 9.17) is 17.3 Å². The molecule has 0 saturated carbocycles. The number of anilines is 1. The van der Waals surface area contributed by atoms with E-state index in [1.165, 1.54) is 25.0 Å². The highest BCUT2D eigenvalue weighted by molar-refractivity contribution is 7.89. The van der Waals surface area contributed by atoms with Crippen molar-refractivity contribution in [2.45, 2.75) is 42.7 Å². The number of nitrogen functional groups attached to an aromatic ring is 1. The van der Waals surface area contributed by atoms with Crippen molar-refractivity contribution in [2.24, 2.45) is 0 Å². The van der Waals surface area contributed by atoms with Gasteiger partial charge in [0, 0.05) is 17.8 Å². The van der Waals surface area contributed by atoms with Gasteiger partial charge in [0.05, 0.1) is 5.02 Å². The largest absolute Gasteiger partial charge is 0.399 e. The summed E-state index contributed by atoms with van der Waals surface area (Å²) in [7, 11) is -3.59. The Morgan fingerprint density at radius 1 is 1.29 bits per heavy atom. The first kappa shape index (κ1) is 15.1. The number of nitrogens with one attached hydrogen (secondary N) is 1. The number of hydrogen-bond donors (Lipinski definition) is 2. The van der Waals surface area contributed by atoms with Crippen LogP contribution in [0.1, 0.15) is 25.7 Å². The Labute approximate surface area is 130 Å². The minimum atomic E-state index is -3.59. The Balaban J connectivity index is 1.74. The second-order valence-electron chi connectivity index (χ2n) is 5.86. The van der Waals surface area contributed by atoms with Gasteiger partial charge in [0.25, 0.3) is 0 Å². The first-order valence-corrected chi connectivity index (χ1v) is 9.13. The van der Waals surface area contributed by atoms with Crippen molar-refractivity contribution in [3.63, 3.8) is 0 Å². The summed E-state index contributed by atoms with van der Waals surface area (Å²) in [6, 6.07) is 5.00.